The molecule has 0 aliphatic heterocycles. The van der Waals surface area contributed by atoms with Gasteiger partial charge in [0, 0.05) is 11.8 Å². The Morgan fingerprint density at radius 3 is 1.65 bits per heavy atom. The third-order valence-electron chi connectivity index (χ3n) is 16.1. The lowest BCUT2D eigenvalue weighted by atomic mass is 9.63. The molecule has 0 saturated carbocycles. The molecule has 0 nitrogen and oxygen atoms in total. The van der Waals surface area contributed by atoms with Crippen LogP contribution in [-0.2, 0) is 0 Å². The fourth-order valence-electron chi connectivity index (χ4n) is 13.3. The monoisotopic (exact) mass is 840 g/mol. The highest BCUT2D eigenvalue weighted by Crippen LogP contribution is 2.65. The van der Waals surface area contributed by atoms with Gasteiger partial charge in [-0.25, -0.2) is 0 Å². The van der Waals surface area contributed by atoms with Crippen molar-refractivity contribution < 1.29 is 0 Å². The van der Waals surface area contributed by atoms with Gasteiger partial charge >= 0.3 is 0 Å². The lowest BCUT2D eigenvalue weighted by molar-refractivity contribution is 0.697. The van der Waals surface area contributed by atoms with Gasteiger partial charge in [-0.1, -0.05) is 195 Å². The Labute approximate surface area is 386 Å². The zero-order chi connectivity index (χ0) is 43.9. The van der Waals surface area contributed by atoms with E-state index in [1.165, 1.54) is 149 Å². The smallest absolute Gasteiger partial charge is 0.0218 e. The van der Waals surface area contributed by atoms with E-state index in [0.29, 0.717) is 5.92 Å². The molecule has 3 unspecified atom stereocenters. The molecule has 0 aromatic heterocycles. The van der Waals surface area contributed by atoms with Crippen LogP contribution in [0.5, 0.6) is 0 Å². The van der Waals surface area contributed by atoms with Crippen LogP contribution in [0.2, 0.25) is 0 Å². The third kappa shape index (κ3) is 4.99. The Morgan fingerprint density at radius 1 is 0.394 bits per heavy atom. The Hall–Kier alpha value is -7.54. The van der Waals surface area contributed by atoms with E-state index >= 15 is 0 Å². The average Bonchev–Trinajstić information content (AvgIpc) is 3.86. The van der Waals surface area contributed by atoms with Crippen molar-refractivity contribution in [1.29, 1.82) is 0 Å². The zero-order valence-corrected chi connectivity index (χ0v) is 37.8. The molecule has 0 N–H and O–H groups in total. The summed E-state index contributed by atoms with van der Waals surface area (Å²) in [6.07, 6.45) is 8.14. The number of allylic oxidation sites excluding steroid dienone is 6. The summed E-state index contributed by atoms with van der Waals surface area (Å²) in [4.78, 5) is 0. The first-order valence-corrected chi connectivity index (χ1v) is 23.9. The molecule has 3 atom stereocenters. The molecule has 4 aliphatic rings. The van der Waals surface area contributed by atoms with E-state index < -0.39 is 0 Å². The van der Waals surface area contributed by atoms with Crippen molar-refractivity contribution in [3.63, 3.8) is 0 Å². The van der Waals surface area contributed by atoms with Crippen molar-refractivity contribution in [3.05, 3.63) is 238 Å². The van der Waals surface area contributed by atoms with Crippen molar-refractivity contribution in [3.8, 4) is 44.5 Å². The lowest BCUT2D eigenvalue weighted by Gasteiger charge is -2.39. The molecule has 4 aliphatic carbocycles. The van der Waals surface area contributed by atoms with Crippen molar-refractivity contribution in [1.82, 2.24) is 0 Å². The molecule has 0 amide bonds. The highest BCUT2D eigenvalue weighted by atomic mass is 14.5. The van der Waals surface area contributed by atoms with Gasteiger partial charge in [0.1, 0.15) is 0 Å². The minimum absolute atomic E-state index is 0.0966. The van der Waals surface area contributed by atoms with E-state index in [1.807, 2.05) is 0 Å². The van der Waals surface area contributed by atoms with Crippen molar-refractivity contribution in [2.24, 2.45) is 5.92 Å². The minimum atomic E-state index is 0.0966. The van der Waals surface area contributed by atoms with Crippen molar-refractivity contribution >= 4 is 54.2 Å². The zero-order valence-electron chi connectivity index (χ0n) is 37.8. The van der Waals surface area contributed by atoms with Gasteiger partial charge in [-0.15, -0.1) is 0 Å². The van der Waals surface area contributed by atoms with E-state index in [4.69, 9.17) is 0 Å². The van der Waals surface area contributed by atoms with Gasteiger partial charge in [0.15, 0.2) is 0 Å². The van der Waals surface area contributed by atoms with Crippen LogP contribution in [0.15, 0.2) is 194 Å². The SMILES string of the molecule is Cc1ccccc1-c1c2c(c(-c3ccccc3C)c3c1ccc1c4c(ccc13)C(C1=CC=CCC1C)=C1c3cccc5cccc(c35)C1C4c1ccccc1C)-c1cccc3cccc-2c13. The molecule has 0 saturated heterocycles. The first-order valence-electron chi connectivity index (χ1n) is 23.9. The van der Waals surface area contributed by atoms with E-state index in [1.54, 1.807) is 0 Å². The Balaban J connectivity index is 1.21. The highest BCUT2D eigenvalue weighted by Gasteiger charge is 2.45. The predicted molar refractivity (Wildman–Crippen MR) is 281 cm³/mol. The predicted octanol–water partition coefficient (Wildman–Crippen LogP) is 17.9. The minimum Gasteiger partial charge on any atom is -0.0839 e. The molecular formula is C66H48. The molecule has 10 aromatic carbocycles. The summed E-state index contributed by atoms with van der Waals surface area (Å²) in [7, 11) is 0. The first-order chi connectivity index (χ1) is 32.5. The Bertz CT molecular complexity index is 3890. The van der Waals surface area contributed by atoms with Gasteiger partial charge in [-0.3, -0.25) is 0 Å². The normalized spacial score (nSPS) is 17.8. The van der Waals surface area contributed by atoms with Crippen LogP contribution in [0.3, 0.4) is 0 Å². The summed E-state index contributed by atoms with van der Waals surface area (Å²) in [5.74, 6) is 0.646. The first kappa shape index (κ1) is 37.8. The van der Waals surface area contributed by atoms with E-state index in [-0.39, 0.29) is 11.8 Å². The van der Waals surface area contributed by atoms with Gasteiger partial charge in [0.25, 0.3) is 0 Å². The summed E-state index contributed by atoms with van der Waals surface area (Å²) in [5, 5.41) is 10.7. The molecule has 66 heavy (non-hydrogen) atoms. The second-order valence-corrected chi connectivity index (χ2v) is 19.5. The third-order valence-corrected chi connectivity index (χ3v) is 16.1. The summed E-state index contributed by atoms with van der Waals surface area (Å²) < 4.78 is 0. The number of hydrogen-bond acceptors (Lipinski definition) is 0. The summed E-state index contributed by atoms with van der Waals surface area (Å²) in [6, 6.07) is 65.5. The largest absolute Gasteiger partial charge is 0.0839 e. The Kier molecular flexibility index (Phi) is 8.01. The van der Waals surface area contributed by atoms with Crippen LogP contribution in [0.1, 0.15) is 69.7 Å². The van der Waals surface area contributed by atoms with E-state index in [2.05, 4.69) is 216 Å². The molecule has 0 fully saturated rings. The molecular weight excluding hydrogens is 793 g/mol. The molecule has 0 radical (unpaired) electrons. The summed E-state index contributed by atoms with van der Waals surface area (Å²) in [6.45, 7) is 9.36. The maximum Gasteiger partial charge on any atom is 0.0218 e. The van der Waals surface area contributed by atoms with Gasteiger partial charge in [0.2, 0.25) is 0 Å². The van der Waals surface area contributed by atoms with Crippen LogP contribution in [0, 0.1) is 26.7 Å². The fourth-order valence-corrected chi connectivity index (χ4v) is 13.3. The van der Waals surface area contributed by atoms with Crippen LogP contribution >= 0.6 is 0 Å². The van der Waals surface area contributed by atoms with Gasteiger partial charge in [-0.2, -0.15) is 0 Å². The molecule has 14 rings (SSSR count). The number of rotatable bonds is 4. The van der Waals surface area contributed by atoms with Gasteiger partial charge in [0.05, 0.1) is 0 Å². The van der Waals surface area contributed by atoms with Crippen molar-refractivity contribution in [2.45, 2.75) is 46.0 Å². The Morgan fingerprint density at radius 2 is 0.955 bits per heavy atom. The topological polar surface area (TPSA) is 0 Å². The molecule has 0 heteroatoms. The second kappa shape index (κ2) is 14.0. The number of aryl methyl sites for hydroxylation is 3. The average molecular weight is 841 g/mol. The number of benzene rings is 10. The van der Waals surface area contributed by atoms with Gasteiger partial charge in [-0.05, 0) is 182 Å². The van der Waals surface area contributed by atoms with Crippen LogP contribution in [0.25, 0.3) is 98.7 Å². The summed E-state index contributed by atoms with van der Waals surface area (Å²) in [5.41, 5.74) is 26.1. The highest BCUT2D eigenvalue weighted by molar-refractivity contribution is 6.32. The van der Waals surface area contributed by atoms with Crippen molar-refractivity contribution in [2.75, 3.05) is 0 Å². The molecule has 0 bridgehead atoms. The number of fused-ring (bicyclic) bond motifs is 11. The quantitative estimate of drug-likeness (QED) is 0.155. The van der Waals surface area contributed by atoms with Crippen LogP contribution < -0.4 is 0 Å². The second-order valence-electron chi connectivity index (χ2n) is 19.5. The summed E-state index contributed by atoms with van der Waals surface area (Å²) >= 11 is 0. The maximum absolute atomic E-state index is 2.55. The van der Waals surface area contributed by atoms with Crippen LogP contribution in [-0.4, -0.2) is 0 Å². The maximum atomic E-state index is 2.55. The molecule has 10 aromatic rings. The lowest BCUT2D eigenvalue weighted by Crippen LogP contribution is -2.22. The number of hydrogen-bond donors (Lipinski definition) is 0. The van der Waals surface area contributed by atoms with E-state index in [0.717, 1.165) is 6.42 Å². The van der Waals surface area contributed by atoms with E-state index in [9.17, 15) is 0 Å². The van der Waals surface area contributed by atoms with Crippen LogP contribution in [0.4, 0.5) is 0 Å². The van der Waals surface area contributed by atoms with Gasteiger partial charge < -0.3 is 0 Å². The molecule has 0 heterocycles. The fraction of sp³-hybridized carbons (Fsp3) is 0.121. The molecule has 312 valence electrons. The standard InChI is InChI=1S/C66H48/c1-37-17-5-9-25-43(37)57-53-35-33-48-47(59(53)61(45-27-11-7-19-39(45)3)65-51-31-15-23-41-21-13-29-49(55(41)51)63(57)65)34-36-54-58(44-26-10-6-18-38(44)2)64-50-30-14-22-42-24-16-32-52(56(42)50)66(64)62(60(48)54)46-28-12-8-20-40(46)4/h5-17,19-36,38,62,66H,18H2,1-4H3. The molecule has 0 spiro atoms.